The van der Waals surface area contributed by atoms with Crippen molar-refractivity contribution in [3.8, 4) is 5.75 Å². The highest BCUT2D eigenvalue weighted by atomic mass is 31.2. The van der Waals surface area contributed by atoms with Crippen LogP contribution < -0.4 is 15.3 Å². The van der Waals surface area contributed by atoms with Gasteiger partial charge in [0.2, 0.25) is 0 Å². The molecule has 2 aromatic heterocycles. The van der Waals surface area contributed by atoms with Crippen LogP contribution in [-0.4, -0.2) is 67.8 Å². The van der Waals surface area contributed by atoms with Gasteiger partial charge in [0.1, 0.15) is 48.1 Å². The summed E-state index contributed by atoms with van der Waals surface area (Å²) in [5.41, 5.74) is 6.82. The van der Waals surface area contributed by atoms with Gasteiger partial charge in [0, 0.05) is 0 Å². The fraction of sp³-hybridized carbons (Fsp3) is 0.435. The van der Waals surface area contributed by atoms with Crippen molar-refractivity contribution < 1.29 is 38.1 Å². The van der Waals surface area contributed by atoms with Crippen LogP contribution in [-0.2, 0) is 23.4 Å². The molecular weight excluding hydrogens is 505 g/mol. The van der Waals surface area contributed by atoms with Crippen molar-refractivity contribution in [2.75, 3.05) is 12.3 Å². The summed E-state index contributed by atoms with van der Waals surface area (Å²) in [7, 11) is -4.18. The molecule has 13 nitrogen and oxygen atoms in total. The molecule has 0 bridgehead atoms. The van der Waals surface area contributed by atoms with Crippen molar-refractivity contribution in [1.29, 1.82) is 0 Å². The number of hydrogen-bond acceptors (Lipinski definition) is 11. The monoisotopic (exact) mass is 535 g/mol. The maximum Gasteiger partial charge on any atom is 0.459 e. The second-order valence-electron chi connectivity index (χ2n) is 8.81. The third-order valence-electron chi connectivity index (χ3n) is 5.60. The lowest BCUT2D eigenvalue weighted by Crippen LogP contribution is -2.38. The SMILES string of the molecule is CC(C)OC(=O)[C@H](C)NP(=O)(OC[C@H]1O[C@@H](c2ccc3c(N)ncnn23)[C@H](O)[C@@H]1O)Oc1ccccc1. The number of para-hydroxylation sites is 1. The molecule has 1 unspecified atom stereocenters. The van der Waals surface area contributed by atoms with Gasteiger partial charge in [-0.1, -0.05) is 18.2 Å². The van der Waals surface area contributed by atoms with E-state index in [-0.39, 0.29) is 17.7 Å². The Balaban J connectivity index is 1.50. The van der Waals surface area contributed by atoms with E-state index in [4.69, 9.17) is 24.3 Å². The van der Waals surface area contributed by atoms with Gasteiger partial charge in [0.05, 0.1) is 18.4 Å². The molecule has 0 amide bonds. The number of nitrogens with two attached hydrogens (primary N) is 1. The number of hydrogen-bond donors (Lipinski definition) is 4. The number of nitrogens with one attached hydrogen (secondary N) is 1. The predicted molar refractivity (Wildman–Crippen MR) is 131 cm³/mol. The van der Waals surface area contributed by atoms with E-state index in [0.717, 1.165) is 0 Å². The molecule has 1 fully saturated rings. The Morgan fingerprint density at radius 1 is 1.19 bits per heavy atom. The molecule has 1 aromatic carbocycles. The summed E-state index contributed by atoms with van der Waals surface area (Å²) >= 11 is 0. The van der Waals surface area contributed by atoms with E-state index in [2.05, 4.69) is 15.2 Å². The Bertz CT molecular complexity index is 1270. The highest BCUT2D eigenvalue weighted by Gasteiger charge is 2.46. The molecule has 3 aromatic rings. The van der Waals surface area contributed by atoms with Crippen molar-refractivity contribution in [1.82, 2.24) is 19.7 Å². The first-order chi connectivity index (χ1) is 17.6. The normalized spacial score (nSPS) is 24.2. The lowest BCUT2D eigenvalue weighted by Gasteiger charge is -2.25. The summed E-state index contributed by atoms with van der Waals surface area (Å²) in [6.07, 6.45) is -3.91. The van der Waals surface area contributed by atoms with Crippen molar-refractivity contribution >= 4 is 25.1 Å². The van der Waals surface area contributed by atoms with Crippen molar-refractivity contribution in [2.45, 2.75) is 57.3 Å². The number of aliphatic hydroxyl groups is 2. The van der Waals surface area contributed by atoms with Gasteiger partial charge in [0.25, 0.3) is 0 Å². The average molecular weight is 535 g/mol. The predicted octanol–water partition coefficient (Wildman–Crippen LogP) is 1.61. The van der Waals surface area contributed by atoms with E-state index >= 15 is 0 Å². The third kappa shape index (κ3) is 6.09. The molecule has 3 heterocycles. The summed E-state index contributed by atoms with van der Waals surface area (Å²) in [4.78, 5) is 16.2. The number of carbonyl (C=O) groups is 1. The number of carbonyl (C=O) groups excluding carboxylic acids is 1. The van der Waals surface area contributed by atoms with Crippen LogP contribution in [0.1, 0.15) is 32.6 Å². The first kappa shape index (κ1) is 27.0. The number of rotatable bonds is 10. The number of anilines is 1. The zero-order valence-electron chi connectivity index (χ0n) is 20.5. The van der Waals surface area contributed by atoms with Crippen LogP contribution in [0.5, 0.6) is 5.75 Å². The minimum absolute atomic E-state index is 0.227. The standard InChI is InChI=1S/C23H30N5O8P/c1-13(2)34-23(31)14(3)27-37(32,36-15-7-5-4-6-8-15)33-11-18-19(29)20(30)21(35-18)16-9-10-17-22(24)25-12-26-28(16)17/h4-10,12-14,18-21,29-30H,11H2,1-3H3,(H,27,32)(H2,24,25,26)/t14-,18+,19+,20+,21-,37?/m0/s1. The maximum atomic E-state index is 13.7. The Hall–Kier alpha value is -3.06. The molecule has 200 valence electrons. The van der Waals surface area contributed by atoms with Gasteiger partial charge < -0.3 is 29.9 Å². The number of nitrogen functional groups attached to an aromatic ring is 1. The summed E-state index contributed by atoms with van der Waals surface area (Å²) in [6.45, 7) is 4.41. The lowest BCUT2D eigenvalue weighted by molar-refractivity contribution is -0.149. The van der Waals surface area contributed by atoms with Crippen LogP contribution in [0.25, 0.3) is 5.52 Å². The fourth-order valence-corrected chi connectivity index (χ4v) is 5.33. The van der Waals surface area contributed by atoms with Gasteiger partial charge in [-0.3, -0.25) is 9.32 Å². The van der Waals surface area contributed by atoms with E-state index in [1.165, 1.54) is 17.8 Å². The van der Waals surface area contributed by atoms with Gasteiger partial charge in [-0.25, -0.2) is 14.1 Å². The zero-order valence-corrected chi connectivity index (χ0v) is 21.4. The summed E-state index contributed by atoms with van der Waals surface area (Å²) in [6, 6.07) is 10.5. The lowest BCUT2D eigenvalue weighted by atomic mass is 10.1. The van der Waals surface area contributed by atoms with Gasteiger partial charge in [-0.2, -0.15) is 10.2 Å². The largest absolute Gasteiger partial charge is 0.462 e. The topological polar surface area (TPSA) is 180 Å². The molecule has 5 N–H and O–H groups in total. The van der Waals surface area contributed by atoms with Crippen LogP contribution in [0.4, 0.5) is 5.82 Å². The molecule has 0 spiro atoms. The molecule has 4 rings (SSSR count). The van der Waals surface area contributed by atoms with Crippen LogP contribution >= 0.6 is 7.75 Å². The molecule has 0 radical (unpaired) electrons. The Kier molecular flexibility index (Phi) is 8.12. The number of ether oxygens (including phenoxy) is 2. The highest BCUT2D eigenvalue weighted by molar-refractivity contribution is 7.52. The molecule has 1 saturated heterocycles. The fourth-order valence-electron chi connectivity index (χ4n) is 3.83. The van der Waals surface area contributed by atoms with Crippen molar-refractivity contribution in [3.05, 3.63) is 54.5 Å². The van der Waals surface area contributed by atoms with Gasteiger partial charge in [0.15, 0.2) is 5.82 Å². The molecule has 1 aliphatic rings. The van der Waals surface area contributed by atoms with Crippen LogP contribution in [0.3, 0.4) is 0 Å². The number of aromatic nitrogens is 3. The molecule has 6 atom stereocenters. The minimum atomic E-state index is -4.18. The number of nitrogens with zero attached hydrogens (tertiary/aromatic N) is 3. The number of aliphatic hydroxyl groups excluding tert-OH is 2. The smallest absolute Gasteiger partial charge is 0.459 e. The second kappa shape index (κ2) is 11.1. The summed E-state index contributed by atoms with van der Waals surface area (Å²) < 4.78 is 37.4. The number of fused-ring (bicyclic) bond motifs is 1. The Morgan fingerprint density at radius 2 is 1.92 bits per heavy atom. The number of esters is 1. The van der Waals surface area contributed by atoms with Crippen molar-refractivity contribution in [2.24, 2.45) is 0 Å². The molecular formula is C23H30N5O8P. The molecule has 14 heteroatoms. The maximum absolute atomic E-state index is 13.7. The highest BCUT2D eigenvalue weighted by Crippen LogP contribution is 2.46. The minimum Gasteiger partial charge on any atom is -0.462 e. The summed E-state index contributed by atoms with van der Waals surface area (Å²) in [5.74, 6) is -0.181. The zero-order chi connectivity index (χ0) is 26.7. The first-order valence-electron chi connectivity index (χ1n) is 11.6. The van der Waals surface area contributed by atoms with Gasteiger partial charge in [-0.15, -0.1) is 0 Å². The van der Waals surface area contributed by atoms with Crippen LogP contribution in [0.2, 0.25) is 0 Å². The first-order valence-corrected chi connectivity index (χ1v) is 13.2. The van der Waals surface area contributed by atoms with Crippen LogP contribution in [0, 0.1) is 0 Å². The second-order valence-corrected chi connectivity index (χ2v) is 10.5. The van der Waals surface area contributed by atoms with Crippen LogP contribution in [0.15, 0.2) is 48.8 Å². The third-order valence-corrected chi connectivity index (χ3v) is 7.24. The van der Waals surface area contributed by atoms with E-state index in [0.29, 0.717) is 11.2 Å². The van der Waals surface area contributed by atoms with Gasteiger partial charge >= 0.3 is 13.7 Å². The van der Waals surface area contributed by atoms with E-state index in [1.54, 1.807) is 56.3 Å². The van der Waals surface area contributed by atoms with E-state index in [1.807, 2.05) is 0 Å². The molecule has 1 aliphatic heterocycles. The molecule has 0 saturated carbocycles. The van der Waals surface area contributed by atoms with Crippen molar-refractivity contribution in [3.63, 3.8) is 0 Å². The molecule has 0 aliphatic carbocycles. The molecule has 37 heavy (non-hydrogen) atoms. The number of benzene rings is 1. The Morgan fingerprint density at radius 3 is 2.62 bits per heavy atom. The Labute approximate surface area is 213 Å². The van der Waals surface area contributed by atoms with Gasteiger partial charge in [-0.05, 0) is 45.0 Å². The quantitative estimate of drug-likeness (QED) is 0.218. The summed E-state index contributed by atoms with van der Waals surface area (Å²) in [5, 5.41) is 28.1. The van der Waals surface area contributed by atoms with E-state index < -0.39 is 50.8 Å². The average Bonchev–Trinajstić information content (AvgIpc) is 3.40. The van der Waals surface area contributed by atoms with E-state index in [9.17, 15) is 19.6 Å².